The third kappa shape index (κ3) is 7.34. The molecule has 4 aromatic rings. The van der Waals surface area contributed by atoms with Gasteiger partial charge in [0, 0.05) is 29.4 Å². The second-order valence-corrected chi connectivity index (χ2v) is 12.4. The Balaban J connectivity index is 1.59. The van der Waals surface area contributed by atoms with E-state index in [-0.39, 0.29) is 18.0 Å². The molecule has 0 fully saturated rings. The van der Waals surface area contributed by atoms with Crippen LogP contribution < -0.4 is 20.1 Å². The van der Waals surface area contributed by atoms with Crippen LogP contribution in [0.1, 0.15) is 24.2 Å². The van der Waals surface area contributed by atoms with Gasteiger partial charge >= 0.3 is 0 Å². The zero-order chi connectivity index (χ0) is 29.8. The maximum absolute atomic E-state index is 13.8. The molecule has 4 rings (SSSR count). The fourth-order valence-electron chi connectivity index (χ4n) is 4.08. The molecule has 13 heteroatoms. The van der Waals surface area contributed by atoms with Gasteiger partial charge in [-0.1, -0.05) is 29.8 Å². The van der Waals surface area contributed by atoms with E-state index in [9.17, 15) is 23.4 Å². The average molecular weight is 617 g/mol. The number of amides is 1. The first-order valence-corrected chi connectivity index (χ1v) is 15.4. The standard InChI is InChI=1S/C28H29ClN4O6S2/c1-28(18-5-8-20(39-2)9-6-18,27(36)32-19-7-10-21(22(29)15-19)26-30-12-13-40-26)31-16-25(35)17-4-11-24(34)23(14-17)33-41(3,37)38/h4-15,25,31,33-35H,16H2,1-3H3,(H,32,36). The van der Waals surface area contributed by atoms with Crippen LogP contribution in [0.4, 0.5) is 11.4 Å². The lowest BCUT2D eigenvalue weighted by Crippen LogP contribution is -2.50. The van der Waals surface area contributed by atoms with Gasteiger partial charge in [0.1, 0.15) is 22.0 Å². The van der Waals surface area contributed by atoms with Crippen molar-refractivity contribution in [3.63, 3.8) is 0 Å². The molecule has 41 heavy (non-hydrogen) atoms. The first kappa shape index (κ1) is 30.3. The molecule has 216 valence electrons. The first-order valence-electron chi connectivity index (χ1n) is 12.3. The number of sulfonamides is 1. The van der Waals surface area contributed by atoms with Crippen molar-refractivity contribution in [1.82, 2.24) is 10.3 Å². The van der Waals surface area contributed by atoms with Gasteiger partial charge in [0.05, 0.1) is 30.2 Å². The lowest BCUT2D eigenvalue weighted by Gasteiger charge is -2.31. The Bertz CT molecular complexity index is 1630. The number of nitrogens with zero attached hydrogens (tertiary/aromatic N) is 1. The highest BCUT2D eigenvalue weighted by Crippen LogP contribution is 2.33. The van der Waals surface area contributed by atoms with E-state index in [0.29, 0.717) is 27.6 Å². The molecule has 0 bridgehead atoms. The quantitative estimate of drug-likeness (QED) is 0.152. The van der Waals surface area contributed by atoms with Crippen molar-refractivity contribution in [3.05, 3.63) is 88.4 Å². The number of methoxy groups -OCH3 is 1. The summed E-state index contributed by atoms with van der Waals surface area (Å²) in [4.78, 5) is 18.0. The number of halogens is 1. The van der Waals surface area contributed by atoms with Crippen LogP contribution in [0.5, 0.6) is 11.5 Å². The Morgan fingerprint density at radius 2 is 1.88 bits per heavy atom. The number of hydrogen-bond donors (Lipinski definition) is 5. The van der Waals surface area contributed by atoms with Crippen LogP contribution >= 0.6 is 22.9 Å². The molecule has 0 saturated heterocycles. The minimum absolute atomic E-state index is 0.0715. The normalized spacial score (nSPS) is 13.7. The Hall–Kier alpha value is -3.68. The maximum Gasteiger partial charge on any atom is 0.249 e. The van der Waals surface area contributed by atoms with E-state index < -0.39 is 27.6 Å². The van der Waals surface area contributed by atoms with Gasteiger partial charge in [-0.3, -0.25) is 14.8 Å². The van der Waals surface area contributed by atoms with Crippen LogP contribution in [0, 0.1) is 0 Å². The molecule has 2 unspecified atom stereocenters. The van der Waals surface area contributed by atoms with E-state index in [4.69, 9.17) is 16.3 Å². The summed E-state index contributed by atoms with van der Waals surface area (Å²) in [7, 11) is -2.12. The summed E-state index contributed by atoms with van der Waals surface area (Å²) in [6, 6.07) is 16.2. The zero-order valence-corrected chi connectivity index (χ0v) is 24.8. The molecule has 0 saturated carbocycles. The number of ether oxygens (including phenoxy) is 1. The number of phenols is 1. The van der Waals surface area contributed by atoms with Crippen LogP contribution in [-0.2, 0) is 20.4 Å². The molecule has 1 amide bonds. The largest absolute Gasteiger partial charge is 0.506 e. The van der Waals surface area contributed by atoms with E-state index in [1.54, 1.807) is 62.7 Å². The van der Waals surface area contributed by atoms with Gasteiger partial charge in [-0.25, -0.2) is 13.4 Å². The van der Waals surface area contributed by atoms with Crippen molar-refractivity contribution in [2.75, 3.05) is 29.9 Å². The highest BCUT2D eigenvalue weighted by atomic mass is 35.5. The van der Waals surface area contributed by atoms with Crippen molar-refractivity contribution < 1.29 is 28.2 Å². The number of hydrogen-bond acceptors (Lipinski definition) is 9. The molecule has 2 atom stereocenters. The molecule has 3 aromatic carbocycles. The summed E-state index contributed by atoms with van der Waals surface area (Å²) >= 11 is 7.95. The summed E-state index contributed by atoms with van der Waals surface area (Å²) in [5.74, 6) is -0.101. The molecule has 10 nitrogen and oxygen atoms in total. The molecule has 0 aliphatic rings. The first-order chi connectivity index (χ1) is 19.4. The van der Waals surface area contributed by atoms with E-state index in [1.165, 1.54) is 29.5 Å². The van der Waals surface area contributed by atoms with Crippen molar-refractivity contribution in [2.45, 2.75) is 18.6 Å². The molecular weight excluding hydrogens is 588 g/mol. The Morgan fingerprint density at radius 1 is 1.15 bits per heavy atom. The van der Waals surface area contributed by atoms with Gasteiger partial charge in [0.25, 0.3) is 0 Å². The van der Waals surface area contributed by atoms with Crippen molar-refractivity contribution in [1.29, 1.82) is 0 Å². The number of phenolic OH excluding ortho intramolecular Hbond substituents is 1. The molecule has 0 aliphatic carbocycles. The molecule has 1 aromatic heterocycles. The van der Waals surface area contributed by atoms with E-state index >= 15 is 0 Å². The lowest BCUT2D eigenvalue weighted by atomic mass is 9.90. The highest BCUT2D eigenvalue weighted by molar-refractivity contribution is 7.92. The Kier molecular flexibility index (Phi) is 9.20. The van der Waals surface area contributed by atoms with Gasteiger partial charge < -0.3 is 20.3 Å². The maximum atomic E-state index is 13.8. The minimum atomic E-state index is -3.66. The van der Waals surface area contributed by atoms with Gasteiger partial charge in [0.2, 0.25) is 15.9 Å². The second-order valence-electron chi connectivity index (χ2n) is 9.39. The number of rotatable bonds is 11. The third-order valence-electron chi connectivity index (χ3n) is 6.36. The minimum Gasteiger partial charge on any atom is -0.506 e. The number of anilines is 2. The fraction of sp³-hybridized carbons (Fsp3) is 0.214. The second kappa shape index (κ2) is 12.5. The van der Waals surface area contributed by atoms with Gasteiger partial charge in [0.15, 0.2) is 0 Å². The predicted molar refractivity (Wildman–Crippen MR) is 161 cm³/mol. The lowest BCUT2D eigenvalue weighted by molar-refractivity contribution is -0.122. The van der Waals surface area contributed by atoms with Crippen molar-refractivity contribution in [2.24, 2.45) is 0 Å². The average Bonchev–Trinajstić information content (AvgIpc) is 3.47. The topological polar surface area (TPSA) is 150 Å². The number of thiazole rings is 1. The smallest absolute Gasteiger partial charge is 0.249 e. The van der Waals surface area contributed by atoms with Crippen molar-refractivity contribution >= 4 is 50.2 Å². The number of aliphatic hydroxyl groups excluding tert-OH is 1. The van der Waals surface area contributed by atoms with E-state index in [1.807, 2.05) is 5.38 Å². The number of carbonyl (C=O) groups is 1. The summed E-state index contributed by atoms with van der Waals surface area (Å²) < 4.78 is 30.8. The number of benzene rings is 3. The van der Waals surface area contributed by atoms with Gasteiger partial charge in [-0.15, -0.1) is 11.3 Å². The number of carbonyl (C=O) groups excluding carboxylic acids is 1. The summed E-state index contributed by atoms with van der Waals surface area (Å²) in [6.07, 6.45) is 1.48. The fourth-order valence-corrected chi connectivity index (χ4v) is 5.64. The van der Waals surface area contributed by atoms with Gasteiger partial charge in [-0.2, -0.15) is 0 Å². The third-order valence-corrected chi connectivity index (χ3v) is 8.07. The monoisotopic (exact) mass is 616 g/mol. The molecule has 0 spiro atoms. The summed E-state index contributed by atoms with van der Waals surface area (Å²) in [5.41, 5.74) is 0.730. The number of aromatic nitrogens is 1. The predicted octanol–water partition coefficient (Wildman–Crippen LogP) is 4.73. The molecule has 0 radical (unpaired) electrons. The summed E-state index contributed by atoms with van der Waals surface area (Å²) in [5, 5.41) is 30.1. The van der Waals surface area contributed by atoms with Crippen LogP contribution in [0.25, 0.3) is 10.6 Å². The number of aliphatic hydroxyl groups is 1. The molecule has 0 aliphatic heterocycles. The van der Waals surface area contributed by atoms with Gasteiger partial charge in [-0.05, 0) is 60.5 Å². The Morgan fingerprint density at radius 3 is 2.49 bits per heavy atom. The SMILES string of the molecule is COc1ccc(C(C)(NCC(O)c2ccc(O)c(NS(C)(=O)=O)c2)C(=O)Nc2ccc(-c3nccs3)c(Cl)c2)cc1. The highest BCUT2D eigenvalue weighted by Gasteiger charge is 2.36. The van der Waals surface area contributed by atoms with Crippen LogP contribution in [0.15, 0.2) is 72.2 Å². The van der Waals surface area contributed by atoms with Crippen molar-refractivity contribution in [3.8, 4) is 22.1 Å². The van der Waals surface area contributed by atoms with E-state index in [2.05, 4.69) is 20.3 Å². The molecule has 5 N–H and O–H groups in total. The number of aromatic hydroxyl groups is 1. The molecule has 1 heterocycles. The van der Waals surface area contributed by atoms with Crippen LogP contribution in [0.2, 0.25) is 5.02 Å². The van der Waals surface area contributed by atoms with E-state index in [0.717, 1.165) is 16.8 Å². The van der Waals surface area contributed by atoms with Crippen LogP contribution in [0.3, 0.4) is 0 Å². The number of nitrogens with one attached hydrogen (secondary N) is 3. The molecular formula is C28H29ClN4O6S2. The zero-order valence-electron chi connectivity index (χ0n) is 22.4. The Labute approximate surface area is 247 Å². The summed E-state index contributed by atoms with van der Waals surface area (Å²) in [6.45, 7) is 1.58. The van der Waals surface area contributed by atoms with Crippen LogP contribution in [-0.4, -0.2) is 49.4 Å².